The van der Waals surface area contributed by atoms with Gasteiger partial charge in [-0.1, -0.05) is 50.2 Å². The summed E-state index contributed by atoms with van der Waals surface area (Å²) in [5, 5.41) is 0. The van der Waals surface area contributed by atoms with Gasteiger partial charge in [-0.15, -0.1) is 11.8 Å². The molecular weight excluding hydrogens is 419 g/mol. The fourth-order valence-electron chi connectivity index (χ4n) is 4.32. The van der Waals surface area contributed by atoms with Gasteiger partial charge < -0.3 is 0 Å². The summed E-state index contributed by atoms with van der Waals surface area (Å²) < 4.78 is 14.6. The van der Waals surface area contributed by atoms with Gasteiger partial charge >= 0.3 is 0 Å². The Kier molecular flexibility index (Phi) is 6.58. The predicted molar refractivity (Wildman–Crippen MR) is 129 cm³/mol. The highest BCUT2D eigenvalue weighted by atomic mass is 32.2. The van der Waals surface area contributed by atoms with Crippen LogP contribution in [0.4, 0.5) is 4.39 Å². The molecule has 2 heterocycles. The van der Waals surface area contributed by atoms with Crippen LogP contribution in [-0.2, 0) is 11.3 Å². The summed E-state index contributed by atoms with van der Waals surface area (Å²) in [6.45, 7) is 4.87. The summed E-state index contributed by atoms with van der Waals surface area (Å²) in [7, 11) is 0. The van der Waals surface area contributed by atoms with E-state index in [-0.39, 0.29) is 17.6 Å². The van der Waals surface area contributed by atoms with Gasteiger partial charge in [0.15, 0.2) is 5.78 Å². The number of halogens is 1. The standard InChI is InChI=1S/C27H27FN2OS/c1-27(2)18-30(17-20-8-4-5-10-24(20)28)25(19-11-13-22(32-3)14-12-19)23(26(27)31)16-21-9-6-7-15-29-21/h4-16,25H,17-18H2,1-3H3. The molecule has 0 saturated carbocycles. The molecule has 0 amide bonds. The molecule has 1 fully saturated rings. The summed E-state index contributed by atoms with van der Waals surface area (Å²) in [6.07, 6.45) is 5.66. The fourth-order valence-corrected chi connectivity index (χ4v) is 4.73. The number of ketones is 1. The van der Waals surface area contributed by atoms with Crippen molar-refractivity contribution in [1.29, 1.82) is 0 Å². The molecule has 1 saturated heterocycles. The molecule has 32 heavy (non-hydrogen) atoms. The third-order valence-corrected chi connectivity index (χ3v) is 6.63. The first-order valence-corrected chi connectivity index (χ1v) is 11.9. The van der Waals surface area contributed by atoms with E-state index in [0.717, 1.165) is 16.2 Å². The minimum atomic E-state index is -0.596. The van der Waals surface area contributed by atoms with E-state index in [2.05, 4.69) is 34.1 Å². The van der Waals surface area contributed by atoms with Gasteiger partial charge in [0.25, 0.3) is 0 Å². The average molecular weight is 447 g/mol. The molecule has 164 valence electrons. The number of thioether (sulfide) groups is 1. The topological polar surface area (TPSA) is 33.2 Å². The normalized spacial score (nSPS) is 19.9. The van der Waals surface area contributed by atoms with Crippen molar-refractivity contribution in [3.63, 3.8) is 0 Å². The van der Waals surface area contributed by atoms with E-state index in [4.69, 9.17) is 0 Å². The molecule has 0 aliphatic carbocycles. The Morgan fingerprint density at radius 1 is 1.09 bits per heavy atom. The largest absolute Gasteiger partial charge is 0.294 e. The monoisotopic (exact) mass is 446 g/mol. The Labute approximate surface area is 193 Å². The van der Waals surface area contributed by atoms with Crippen molar-refractivity contribution in [2.45, 2.75) is 31.3 Å². The quantitative estimate of drug-likeness (QED) is 0.346. The van der Waals surface area contributed by atoms with Crippen LogP contribution >= 0.6 is 11.8 Å². The van der Waals surface area contributed by atoms with E-state index in [1.165, 1.54) is 6.07 Å². The lowest BCUT2D eigenvalue weighted by Crippen LogP contribution is -2.49. The van der Waals surface area contributed by atoms with Crippen molar-refractivity contribution in [2.75, 3.05) is 12.8 Å². The molecule has 3 aromatic rings. The maximum atomic E-state index is 14.6. The van der Waals surface area contributed by atoms with Crippen LogP contribution in [0.15, 0.2) is 83.4 Å². The van der Waals surface area contributed by atoms with Crippen molar-refractivity contribution < 1.29 is 9.18 Å². The molecule has 0 N–H and O–H groups in total. The molecule has 1 unspecified atom stereocenters. The number of piperidine rings is 1. The molecule has 0 bridgehead atoms. The molecular formula is C27H27FN2OS. The first-order chi connectivity index (χ1) is 15.4. The van der Waals surface area contributed by atoms with Crippen LogP contribution in [0.5, 0.6) is 0 Å². The third kappa shape index (κ3) is 4.69. The number of rotatable bonds is 5. The Hall–Kier alpha value is -2.76. The van der Waals surface area contributed by atoms with Crippen LogP contribution in [0.2, 0.25) is 0 Å². The summed E-state index contributed by atoms with van der Waals surface area (Å²) in [6, 6.07) is 20.5. The molecule has 5 heteroatoms. The highest BCUT2D eigenvalue weighted by Gasteiger charge is 2.44. The van der Waals surface area contributed by atoms with E-state index in [1.54, 1.807) is 24.0 Å². The second-order valence-electron chi connectivity index (χ2n) is 8.74. The summed E-state index contributed by atoms with van der Waals surface area (Å²) >= 11 is 1.68. The summed E-state index contributed by atoms with van der Waals surface area (Å²) in [5.74, 6) is -0.124. The van der Waals surface area contributed by atoms with Crippen LogP contribution < -0.4 is 0 Å². The Morgan fingerprint density at radius 2 is 1.81 bits per heavy atom. The number of hydrogen-bond acceptors (Lipinski definition) is 4. The van der Waals surface area contributed by atoms with Crippen LogP contribution in [0.25, 0.3) is 6.08 Å². The van der Waals surface area contributed by atoms with Gasteiger partial charge in [-0.25, -0.2) is 4.39 Å². The van der Waals surface area contributed by atoms with Gasteiger partial charge in [-0.2, -0.15) is 0 Å². The van der Waals surface area contributed by atoms with Crippen molar-refractivity contribution in [2.24, 2.45) is 5.41 Å². The summed E-state index contributed by atoms with van der Waals surface area (Å²) in [5.41, 5.74) is 2.48. The molecule has 1 aliphatic heterocycles. The van der Waals surface area contributed by atoms with E-state index in [1.807, 2.05) is 56.5 Å². The highest BCUT2D eigenvalue weighted by molar-refractivity contribution is 7.98. The predicted octanol–water partition coefficient (Wildman–Crippen LogP) is 6.18. The lowest BCUT2D eigenvalue weighted by Gasteiger charge is -2.44. The Bertz CT molecular complexity index is 1130. The van der Waals surface area contributed by atoms with E-state index in [0.29, 0.717) is 24.2 Å². The zero-order valence-corrected chi connectivity index (χ0v) is 19.4. The number of Topliss-reactive ketones (excluding diaryl/α,β-unsaturated/α-hetero) is 1. The van der Waals surface area contributed by atoms with Crippen molar-refractivity contribution in [3.8, 4) is 0 Å². The number of carbonyl (C=O) groups excluding carboxylic acids is 1. The highest BCUT2D eigenvalue weighted by Crippen LogP contribution is 2.42. The number of pyridine rings is 1. The van der Waals surface area contributed by atoms with Gasteiger partial charge in [0, 0.05) is 40.7 Å². The molecule has 4 rings (SSSR count). The second-order valence-corrected chi connectivity index (χ2v) is 9.62. The smallest absolute Gasteiger partial charge is 0.167 e. The van der Waals surface area contributed by atoms with E-state index in [9.17, 15) is 9.18 Å². The Morgan fingerprint density at radius 3 is 2.47 bits per heavy atom. The molecule has 1 aliphatic rings. The van der Waals surface area contributed by atoms with Gasteiger partial charge in [0.1, 0.15) is 5.82 Å². The fraction of sp³-hybridized carbons (Fsp3) is 0.259. The van der Waals surface area contributed by atoms with Gasteiger partial charge in [0.2, 0.25) is 0 Å². The molecule has 3 nitrogen and oxygen atoms in total. The maximum absolute atomic E-state index is 14.6. The first kappa shape index (κ1) is 22.4. The van der Waals surface area contributed by atoms with E-state index < -0.39 is 5.41 Å². The number of aromatic nitrogens is 1. The minimum Gasteiger partial charge on any atom is -0.294 e. The molecule has 1 aromatic heterocycles. The maximum Gasteiger partial charge on any atom is 0.167 e. The molecule has 1 atom stereocenters. The Balaban J connectivity index is 1.84. The van der Waals surface area contributed by atoms with Crippen molar-refractivity contribution in [3.05, 3.63) is 101 Å². The van der Waals surface area contributed by atoms with Gasteiger partial charge in [0.05, 0.1) is 11.7 Å². The number of hydrogen-bond donors (Lipinski definition) is 0. The first-order valence-electron chi connectivity index (χ1n) is 10.7. The van der Waals surface area contributed by atoms with Crippen LogP contribution in [-0.4, -0.2) is 28.5 Å². The van der Waals surface area contributed by atoms with Crippen molar-refractivity contribution in [1.82, 2.24) is 9.88 Å². The number of nitrogens with zero attached hydrogens (tertiary/aromatic N) is 2. The van der Waals surface area contributed by atoms with Crippen LogP contribution in [0.1, 0.15) is 36.7 Å². The van der Waals surface area contributed by atoms with Crippen LogP contribution in [0.3, 0.4) is 0 Å². The van der Waals surface area contributed by atoms with Crippen molar-refractivity contribution >= 4 is 23.6 Å². The lowest BCUT2D eigenvalue weighted by molar-refractivity contribution is -0.128. The van der Waals surface area contributed by atoms with E-state index >= 15 is 0 Å². The van der Waals surface area contributed by atoms with Crippen LogP contribution in [0, 0.1) is 11.2 Å². The number of likely N-dealkylation sites (tertiary alicyclic amines) is 1. The molecule has 0 radical (unpaired) electrons. The number of benzene rings is 2. The third-order valence-electron chi connectivity index (χ3n) is 5.89. The lowest BCUT2D eigenvalue weighted by atomic mass is 9.74. The molecule has 0 spiro atoms. The average Bonchev–Trinajstić information content (AvgIpc) is 2.79. The minimum absolute atomic E-state index is 0.104. The van der Waals surface area contributed by atoms with Gasteiger partial charge in [-0.3, -0.25) is 14.7 Å². The number of carbonyl (C=O) groups is 1. The SMILES string of the molecule is CSc1ccc(C2C(=Cc3ccccn3)C(=O)C(C)(C)CN2Cc2ccccc2F)cc1. The zero-order valence-electron chi connectivity index (χ0n) is 18.6. The van der Waals surface area contributed by atoms with Gasteiger partial charge in [-0.05, 0) is 48.2 Å². The zero-order chi connectivity index (χ0) is 22.7. The second kappa shape index (κ2) is 9.39. The molecule has 2 aromatic carbocycles. The summed E-state index contributed by atoms with van der Waals surface area (Å²) in [4.78, 5) is 21.4.